The van der Waals surface area contributed by atoms with E-state index < -0.39 is 79.3 Å². The molecule has 0 atom stereocenters. The van der Waals surface area contributed by atoms with Crippen molar-refractivity contribution in [3.8, 4) is 5.75 Å². The third kappa shape index (κ3) is 9.49. The third-order valence-electron chi connectivity index (χ3n) is 6.63. The van der Waals surface area contributed by atoms with Gasteiger partial charge in [0.15, 0.2) is 15.6 Å². The molecule has 0 radical (unpaired) electrons. The minimum atomic E-state index is -5.11. The van der Waals surface area contributed by atoms with Gasteiger partial charge >= 0.3 is 10.4 Å². The molecule has 4 aromatic carbocycles. The van der Waals surface area contributed by atoms with Crippen LogP contribution in [0.25, 0.3) is 10.8 Å². The van der Waals surface area contributed by atoms with Crippen molar-refractivity contribution in [2.45, 2.75) is 14.7 Å². The van der Waals surface area contributed by atoms with Crippen LogP contribution in [0.1, 0.15) is 0 Å². The maximum atomic E-state index is 12.5. The molecule has 0 fully saturated rings. The van der Waals surface area contributed by atoms with Crippen molar-refractivity contribution in [2.75, 3.05) is 23.0 Å². The second-order valence-electron chi connectivity index (χ2n) is 10.2. The van der Waals surface area contributed by atoms with Crippen LogP contribution in [0.15, 0.2) is 97.7 Å². The van der Waals surface area contributed by atoms with Crippen molar-refractivity contribution in [1.29, 1.82) is 0 Å². The van der Waals surface area contributed by atoms with Crippen LogP contribution in [0, 0.1) is 0 Å². The maximum Gasteiger partial charge on any atom is 0.397 e. The van der Waals surface area contributed by atoms with Gasteiger partial charge in [0.1, 0.15) is 10.6 Å². The summed E-state index contributed by atoms with van der Waals surface area (Å²) in [5.74, 6) is -2.30. The zero-order chi connectivity index (χ0) is 38.1. The van der Waals surface area contributed by atoms with Gasteiger partial charge in [0.2, 0.25) is 17.2 Å². The van der Waals surface area contributed by atoms with Crippen molar-refractivity contribution >= 4 is 97.5 Å². The van der Waals surface area contributed by atoms with Crippen LogP contribution in [0.2, 0.25) is 5.28 Å². The van der Waals surface area contributed by atoms with Gasteiger partial charge in [0, 0.05) is 11.1 Å². The SMILES string of the molecule is O=S(=O)(O)OCCS(=O)(=O)c1ccc(Nc2nc(Cl)nc(Nc3cc(S(=O)(=O)O)cc4cc(S(=O)(=O)O)c(N=Nc5ccccc5)c(O)c34)n2)cc1. The topological polar surface area (TPSA) is 314 Å². The van der Waals surface area contributed by atoms with Gasteiger partial charge in [-0.05, 0) is 71.6 Å². The lowest BCUT2D eigenvalue weighted by Crippen LogP contribution is -2.15. The maximum absolute atomic E-state index is 12.5. The number of aromatic hydroxyl groups is 1. The Labute approximate surface area is 299 Å². The van der Waals surface area contributed by atoms with E-state index in [9.17, 15) is 47.9 Å². The van der Waals surface area contributed by atoms with Gasteiger partial charge in [0.25, 0.3) is 20.2 Å². The van der Waals surface area contributed by atoms with Gasteiger partial charge in [-0.25, -0.2) is 12.6 Å². The number of benzene rings is 4. The van der Waals surface area contributed by atoms with Crippen LogP contribution < -0.4 is 10.6 Å². The summed E-state index contributed by atoms with van der Waals surface area (Å²) in [5, 5.41) is 23.4. The number of anilines is 4. The van der Waals surface area contributed by atoms with Gasteiger partial charge in [0.05, 0.1) is 33.5 Å². The normalized spacial score (nSPS) is 12.7. The Morgan fingerprint density at radius 1 is 0.731 bits per heavy atom. The van der Waals surface area contributed by atoms with E-state index in [-0.39, 0.29) is 44.6 Å². The lowest BCUT2D eigenvalue weighted by Gasteiger charge is -2.15. The fraction of sp³-hybridized carbons (Fsp3) is 0.0741. The molecule has 0 saturated carbocycles. The number of phenolic OH excluding ortho intramolecular Hbond substituents is 1. The molecule has 0 spiro atoms. The van der Waals surface area contributed by atoms with E-state index in [0.29, 0.717) is 0 Å². The first-order valence-corrected chi connectivity index (χ1v) is 20.1. The fourth-order valence-corrected chi connectivity index (χ4v) is 7.28. The average molecular weight is 816 g/mol. The van der Waals surface area contributed by atoms with Crippen LogP contribution >= 0.6 is 11.6 Å². The number of nitrogens with one attached hydrogen (secondary N) is 2. The summed E-state index contributed by atoms with van der Waals surface area (Å²) in [4.78, 5) is 10.0. The molecule has 5 aromatic rings. The quantitative estimate of drug-likeness (QED) is 0.0709. The number of sulfone groups is 1. The molecule has 0 aliphatic rings. The van der Waals surface area contributed by atoms with E-state index in [2.05, 4.69) is 40.0 Å². The van der Waals surface area contributed by atoms with Crippen LogP contribution in [0.4, 0.5) is 34.6 Å². The Morgan fingerprint density at radius 3 is 1.96 bits per heavy atom. The Hall–Kier alpha value is -4.92. The molecular weight excluding hydrogens is 794 g/mol. The molecule has 52 heavy (non-hydrogen) atoms. The molecule has 0 saturated heterocycles. The minimum Gasteiger partial charge on any atom is -0.505 e. The Morgan fingerprint density at radius 2 is 1.37 bits per heavy atom. The van der Waals surface area contributed by atoms with Gasteiger partial charge < -0.3 is 15.7 Å². The molecule has 0 aliphatic carbocycles. The van der Waals surface area contributed by atoms with E-state index in [1.165, 1.54) is 24.3 Å². The molecule has 5 rings (SSSR count). The minimum absolute atomic E-state index is 0.212. The van der Waals surface area contributed by atoms with E-state index in [4.69, 9.17) is 16.2 Å². The molecule has 6 N–H and O–H groups in total. The molecule has 274 valence electrons. The number of fused-ring (bicyclic) bond motifs is 1. The van der Waals surface area contributed by atoms with E-state index in [1.807, 2.05) is 0 Å². The van der Waals surface area contributed by atoms with E-state index in [1.54, 1.807) is 18.2 Å². The fourth-order valence-electron chi connectivity index (χ4n) is 4.43. The molecule has 20 nitrogen and oxygen atoms in total. The standard InChI is InChI=1S/C27H22ClN7O13S4/c28-25-31-26(29-16-6-8-18(9-7-16)49(37,38)11-10-48-52(45,46)47)33-27(32-25)30-20-14-19(50(39,40)41)12-15-13-21(51(42,43)44)23(24(36)22(15)20)35-34-17-4-2-1-3-5-17/h1-9,12-14,36H,10-11H2,(H,39,40,41)(H,42,43,44)(H,45,46,47)(H2,29,30,31,32,33). The molecule has 0 amide bonds. The largest absolute Gasteiger partial charge is 0.505 e. The Bertz CT molecular complexity index is 2670. The highest BCUT2D eigenvalue weighted by Crippen LogP contribution is 2.45. The first-order valence-electron chi connectivity index (χ1n) is 13.9. The average Bonchev–Trinajstić information content (AvgIpc) is 3.03. The number of rotatable bonds is 13. The number of phenols is 1. The van der Waals surface area contributed by atoms with Crippen LogP contribution in [0.5, 0.6) is 5.75 Å². The van der Waals surface area contributed by atoms with Crippen molar-refractivity contribution < 1.29 is 56.6 Å². The molecule has 0 bridgehead atoms. The second kappa shape index (κ2) is 14.6. The first kappa shape index (κ1) is 38.3. The molecule has 25 heteroatoms. The lowest BCUT2D eigenvalue weighted by molar-refractivity contribution is 0.284. The zero-order valence-electron chi connectivity index (χ0n) is 25.6. The molecule has 1 aromatic heterocycles. The van der Waals surface area contributed by atoms with Crippen LogP contribution in [-0.2, 0) is 44.7 Å². The van der Waals surface area contributed by atoms with Crippen molar-refractivity contribution in [3.63, 3.8) is 0 Å². The second-order valence-corrected chi connectivity index (χ2v) is 16.6. The van der Waals surface area contributed by atoms with Gasteiger partial charge in [-0.1, -0.05) is 18.2 Å². The highest BCUT2D eigenvalue weighted by atomic mass is 35.5. The molecule has 0 unspecified atom stereocenters. The van der Waals surface area contributed by atoms with Crippen molar-refractivity contribution in [2.24, 2.45) is 10.2 Å². The van der Waals surface area contributed by atoms with Gasteiger partial charge in [-0.2, -0.15) is 45.3 Å². The molecule has 0 aliphatic heterocycles. The van der Waals surface area contributed by atoms with Crippen LogP contribution in [-0.4, -0.2) is 79.7 Å². The summed E-state index contributed by atoms with van der Waals surface area (Å²) in [6.07, 6.45) is 0. The Kier molecular flexibility index (Phi) is 10.8. The summed E-state index contributed by atoms with van der Waals surface area (Å²) in [6, 6.07) is 15.3. The van der Waals surface area contributed by atoms with Crippen molar-refractivity contribution in [1.82, 2.24) is 15.0 Å². The summed E-state index contributed by atoms with van der Waals surface area (Å²) < 4.78 is 128. The Balaban J connectivity index is 1.53. The highest BCUT2D eigenvalue weighted by molar-refractivity contribution is 7.91. The third-order valence-corrected chi connectivity index (χ3v) is 10.7. The lowest BCUT2D eigenvalue weighted by atomic mass is 10.1. The van der Waals surface area contributed by atoms with E-state index >= 15 is 0 Å². The number of hydrogen-bond donors (Lipinski definition) is 6. The predicted molar refractivity (Wildman–Crippen MR) is 183 cm³/mol. The van der Waals surface area contributed by atoms with Gasteiger partial charge in [-0.3, -0.25) is 13.7 Å². The van der Waals surface area contributed by atoms with Gasteiger partial charge in [-0.15, -0.1) is 5.11 Å². The molecular formula is C27H22ClN7O13S4. The van der Waals surface area contributed by atoms with Crippen LogP contribution in [0.3, 0.4) is 0 Å². The number of aromatic nitrogens is 3. The number of halogens is 1. The monoisotopic (exact) mass is 815 g/mol. The smallest absolute Gasteiger partial charge is 0.397 e. The summed E-state index contributed by atoms with van der Waals surface area (Å²) in [6.45, 7) is -0.832. The molecule has 1 heterocycles. The zero-order valence-corrected chi connectivity index (χ0v) is 29.6. The summed E-state index contributed by atoms with van der Waals surface area (Å²) in [5.41, 5.74) is -0.607. The summed E-state index contributed by atoms with van der Waals surface area (Å²) >= 11 is 6.10. The summed E-state index contributed by atoms with van der Waals surface area (Å²) in [7, 11) is -18.9. The van der Waals surface area contributed by atoms with Crippen molar-refractivity contribution in [3.05, 3.63) is 78.1 Å². The predicted octanol–water partition coefficient (Wildman–Crippen LogP) is 4.37. The highest BCUT2D eigenvalue weighted by Gasteiger charge is 2.26. The van der Waals surface area contributed by atoms with E-state index in [0.717, 1.165) is 30.3 Å². The number of hydrogen-bond acceptors (Lipinski definition) is 17. The number of nitrogens with zero attached hydrogens (tertiary/aromatic N) is 5. The first-order chi connectivity index (χ1) is 24.2. The number of azo groups is 1.